The average Bonchev–Trinajstić information content (AvgIpc) is 2.40. The van der Waals surface area contributed by atoms with Gasteiger partial charge >= 0.3 is 0 Å². The highest BCUT2D eigenvalue weighted by Gasteiger charge is 2.16. The Morgan fingerprint density at radius 2 is 2.05 bits per heavy atom. The fraction of sp³-hybridized carbons (Fsp3) is 0.533. The van der Waals surface area contributed by atoms with Crippen LogP contribution in [0.25, 0.3) is 0 Å². The van der Waals surface area contributed by atoms with Crippen LogP contribution in [0.15, 0.2) is 18.2 Å². The number of ether oxygens (including phenoxy) is 2. The van der Waals surface area contributed by atoms with E-state index in [2.05, 4.69) is 5.32 Å². The average molecular weight is 317 g/mol. The first-order chi connectivity index (χ1) is 9.47. The van der Waals surface area contributed by atoms with Crippen molar-refractivity contribution in [1.29, 1.82) is 0 Å². The second kappa shape index (κ2) is 9.47. The summed E-state index contributed by atoms with van der Waals surface area (Å²) in [6.07, 6.45) is 1.53. The molecule has 0 aromatic heterocycles. The van der Waals surface area contributed by atoms with E-state index in [0.717, 1.165) is 6.42 Å². The van der Waals surface area contributed by atoms with Crippen molar-refractivity contribution in [2.45, 2.75) is 45.8 Å². The number of hydrogen-bond acceptors (Lipinski definition) is 4. The van der Waals surface area contributed by atoms with Gasteiger partial charge in [-0.2, -0.15) is 0 Å². The van der Waals surface area contributed by atoms with E-state index in [1.54, 1.807) is 25.3 Å². The van der Waals surface area contributed by atoms with Crippen LogP contribution in [0.3, 0.4) is 0 Å². The number of halogens is 1. The molecule has 1 rings (SSSR count). The third kappa shape index (κ3) is 6.23. The molecule has 0 heterocycles. The van der Waals surface area contributed by atoms with Gasteiger partial charge in [-0.1, -0.05) is 13.3 Å². The molecule has 0 saturated heterocycles. The molecule has 0 aliphatic carbocycles. The number of carbonyl (C=O) groups is 1. The van der Waals surface area contributed by atoms with E-state index in [1.807, 2.05) is 20.8 Å². The Kier molecular flexibility index (Phi) is 8.81. The third-order valence-corrected chi connectivity index (χ3v) is 2.74. The van der Waals surface area contributed by atoms with Crippen LogP contribution >= 0.6 is 12.4 Å². The maximum Gasteiger partial charge on any atom is 0.241 e. The van der Waals surface area contributed by atoms with E-state index in [1.165, 1.54) is 0 Å². The molecule has 0 radical (unpaired) electrons. The standard InChI is InChI=1S/C15H24N2O3.ClH/c1-5-6-12(16)15(18)17-13-9-11(19-4)7-8-14(13)20-10(2)3;/h7-10,12H,5-6,16H2,1-4H3,(H,17,18);1H. The molecule has 1 amide bonds. The van der Waals surface area contributed by atoms with Gasteiger partial charge in [0, 0.05) is 6.07 Å². The Hall–Kier alpha value is -1.46. The minimum absolute atomic E-state index is 0. The predicted octanol–water partition coefficient (Wildman–Crippen LogP) is 2.97. The second-order valence-electron chi connectivity index (χ2n) is 4.91. The Bertz CT molecular complexity index is 453. The number of methoxy groups -OCH3 is 1. The number of anilines is 1. The molecule has 0 aliphatic rings. The minimum atomic E-state index is -0.516. The van der Waals surface area contributed by atoms with Gasteiger partial charge in [0.1, 0.15) is 11.5 Å². The molecule has 120 valence electrons. The van der Waals surface area contributed by atoms with E-state index in [0.29, 0.717) is 23.6 Å². The first-order valence-corrected chi connectivity index (χ1v) is 6.89. The van der Waals surface area contributed by atoms with Crippen LogP contribution in [0.5, 0.6) is 11.5 Å². The Balaban J connectivity index is 0.00000400. The molecule has 1 atom stereocenters. The lowest BCUT2D eigenvalue weighted by molar-refractivity contribution is -0.117. The smallest absolute Gasteiger partial charge is 0.241 e. The van der Waals surface area contributed by atoms with Gasteiger partial charge in [0.15, 0.2) is 0 Å². The SMILES string of the molecule is CCCC(N)C(=O)Nc1cc(OC)ccc1OC(C)C.Cl. The zero-order chi connectivity index (χ0) is 15.1. The number of rotatable bonds is 7. The quantitative estimate of drug-likeness (QED) is 0.811. The van der Waals surface area contributed by atoms with Crippen molar-refractivity contribution < 1.29 is 14.3 Å². The van der Waals surface area contributed by atoms with Gasteiger partial charge in [0.2, 0.25) is 5.91 Å². The number of hydrogen-bond donors (Lipinski definition) is 2. The summed E-state index contributed by atoms with van der Waals surface area (Å²) < 4.78 is 10.8. The van der Waals surface area contributed by atoms with Crippen molar-refractivity contribution in [1.82, 2.24) is 0 Å². The summed E-state index contributed by atoms with van der Waals surface area (Å²) in [6.45, 7) is 5.85. The summed E-state index contributed by atoms with van der Waals surface area (Å²) >= 11 is 0. The Morgan fingerprint density at radius 3 is 2.57 bits per heavy atom. The molecule has 3 N–H and O–H groups in total. The highest BCUT2D eigenvalue weighted by Crippen LogP contribution is 2.30. The van der Waals surface area contributed by atoms with E-state index in [-0.39, 0.29) is 24.4 Å². The van der Waals surface area contributed by atoms with Crippen LogP contribution in [-0.2, 0) is 4.79 Å². The minimum Gasteiger partial charge on any atom is -0.497 e. The fourth-order valence-corrected chi connectivity index (χ4v) is 1.76. The summed E-state index contributed by atoms with van der Waals surface area (Å²) in [6, 6.07) is 4.78. The number of benzene rings is 1. The maximum atomic E-state index is 12.0. The summed E-state index contributed by atoms with van der Waals surface area (Å²) in [5.41, 5.74) is 6.39. The first-order valence-electron chi connectivity index (χ1n) is 6.89. The number of amides is 1. The summed E-state index contributed by atoms with van der Waals surface area (Å²) in [5.74, 6) is 1.05. The van der Waals surface area contributed by atoms with Crippen molar-refractivity contribution in [2.75, 3.05) is 12.4 Å². The molecule has 5 nitrogen and oxygen atoms in total. The van der Waals surface area contributed by atoms with Gasteiger partial charge in [-0.05, 0) is 32.4 Å². The zero-order valence-electron chi connectivity index (χ0n) is 13.0. The Labute approximate surface area is 132 Å². The molecule has 0 aliphatic heterocycles. The monoisotopic (exact) mass is 316 g/mol. The molecule has 0 bridgehead atoms. The maximum absolute atomic E-state index is 12.0. The lowest BCUT2D eigenvalue weighted by Gasteiger charge is -2.17. The molecule has 1 aromatic rings. The van der Waals surface area contributed by atoms with Crippen molar-refractivity contribution in [3.05, 3.63) is 18.2 Å². The van der Waals surface area contributed by atoms with Crippen molar-refractivity contribution in [3.8, 4) is 11.5 Å². The summed E-state index contributed by atoms with van der Waals surface area (Å²) in [7, 11) is 1.58. The van der Waals surface area contributed by atoms with Crippen molar-refractivity contribution >= 4 is 24.0 Å². The topological polar surface area (TPSA) is 73.6 Å². The molecule has 0 saturated carbocycles. The van der Waals surface area contributed by atoms with Crippen LogP contribution in [0, 0.1) is 0 Å². The van der Waals surface area contributed by atoms with Gasteiger partial charge in [0.25, 0.3) is 0 Å². The lowest BCUT2D eigenvalue weighted by atomic mass is 10.1. The first kappa shape index (κ1) is 19.5. The normalized spacial score (nSPS) is 11.5. The molecule has 1 unspecified atom stereocenters. The summed E-state index contributed by atoms with van der Waals surface area (Å²) in [5, 5.41) is 2.81. The number of carbonyl (C=O) groups excluding carboxylic acids is 1. The molecule has 1 aromatic carbocycles. The van der Waals surface area contributed by atoms with E-state index >= 15 is 0 Å². The number of nitrogens with two attached hydrogens (primary N) is 1. The second-order valence-corrected chi connectivity index (χ2v) is 4.91. The van der Waals surface area contributed by atoms with Gasteiger partial charge in [-0.25, -0.2) is 0 Å². The fourth-order valence-electron chi connectivity index (χ4n) is 1.76. The van der Waals surface area contributed by atoms with Crippen molar-refractivity contribution in [3.63, 3.8) is 0 Å². The number of nitrogens with one attached hydrogen (secondary N) is 1. The van der Waals surface area contributed by atoms with Gasteiger partial charge in [-0.3, -0.25) is 4.79 Å². The molecular weight excluding hydrogens is 292 g/mol. The molecule has 6 heteroatoms. The zero-order valence-corrected chi connectivity index (χ0v) is 13.8. The largest absolute Gasteiger partial charge is 0.497 e. The highest BCUT2D eigenvalue weighted by atomic mass is 35.5. The molecule has 21 heavy (non-hydrogen) atoms. The molecule has 0 fully saturated rings. The van der Waals surface area contributed by atoms with Gasteiger partial charge < -0.3 is 20.5 Å². The molecule has 0 spiro atoms. The van der Waals surface area contributed by atoms with E-state index in [9.17, 15) is 4.79 Å². The van der Waals surface area contributed by atoms with Crippen molar-refractivity contribution in [2.24, 2.45) is 5.73 Å². The summed E-state index contributed by atoms with van der Waals surface area (Å²) in [4.78, 5) is 12.0. The van der Waals surface area contributed by atoms with Crippen LogP contribution < -0.4 is 20.5 Å². The van der Waals surface area contributed by atoms with Gasteiger partial charge in [-0.15, -0.1) is 12.4 Å². The van der Waals surface area contributed by atoms with Crippen LogP contribution in [-0.4, -0.2) is 25.2 Å². The Morgan fingerprint density at radius 1 is 1.38 bits per heavy atom. The van der Waals surface area contributed by atoms with Crippen LogP contribution in [0.1, 0.15) is 33.6 Å². The van der Waals surface area contributed by atoms with Crippen LogP contribution in [0.2, 0.25) is 0 Å². The third-order valence-electron chi connectivity index (χ3n) is 2.74. The van der Waals surface area contributed by atoms with Crippen LogP contribution in [0.4, 0.5) is 5.69 Å². The lowest BCUT2D eigenvalue weighted by Crippen LogP contribution is -2.35. The highest BCUT2D eigenvalue weighted by molar-refractivity contribution is 5.96. The van der Waals surface area contributed by atoms with E-state index < -0.39 is 6.04 Å². The van der Waals surface area contributed by atoms with E-state index in [4.69, 9.17) is 15.2 Å². The van der Waals surface area contributed by atoms with Gasteiger partial charge in [0.05, 0.1) is 24.9 Å². The molecular formula is C15H25ClN2O3. The predicted molar refractivity (Wildman–Crippen MR) is 87.5 cm³/mol.